The number of nitrogens with zero attached hydrogens (tertiary/aromatic N) is 1. The van der Waals surface area contributed by atoms with E-state index in [1.165, 1.54) is 0 Å². The Morgan fingerprint density at radius 1 is 1.56 bits per heavy atom. The van der Waals surface area contributed by atoms with Crippen molar-refractivity contribution in [2.75, 3.05) is 6.73 Å². The van der Waals surface area contributed by atoms with Gasteiger partial charge in [0, 0.05) is 6.42 Å². The highest BCUT2D eigenvalue weighted by atomic mass is 16.5. The summed E-state index contributed by atoms with van der Waals surface area (Å²) in [6, 6.07) is 0. The number of hydrogen-bond donors (Lipinski definition) is 0. The van der Waals surface area contributed by atoms with Crippen molar-refractivity contribution >= 4 is 5.71 Å². The molecule has 0 N–H and O–H groups in total. The van der Waals surface area contributed by atoms with Gasteiger partial charge in [0.1, 0.15) is 5.76 Å². The van der Waals surface area contributed by atoms with Gasteiger partial charge in [0.15, 0.2) is 6.73 Å². The van der Waals surface area contributed by atoms with Crippen LogP contribution < -0.4 is 0 Å². The zero-order valence-electron chi connectivity index (χ0n) is 5.00. The van der Waals surface area contributed by atoms with Gasteiger partial charge in [-0.25, -0.2) is 4.99 Å². The molecule has 2 aliphatic rings. The molecule has 2 nitrogen and oxygen atoms in total. The first kappa shape index (κ1) is 4.79. The molecule has 0 aromatic rings. The van der Waals surface area contributed by atoms with E-state index < -0.39 is 0 Å². The third kappa shape index (κ3) is 0.669. The molecule has 9 heavy (non-hydrogen) atoms. The van der Waals surface area contributed by atoms with Crippen LogP contribution >= 0.6 is 0 Å². The lowest BCUT2D eigenvalue weighted by atomic mass is 10.1. The Labute approximate surface area is 53.5 Å². The van der Waals surface area contributed by atoms with E-state index >= 15 is 0 Å². The fourth-order valence-electron chi connectivity index (χ4n) is 0.986. The first-order valence-electron chi connectivity index (χ1n) is 3.00. The highest BCUT2D eigenvalue weighted by molar-refractivity contribution is 6.01. The number of aliphatic imine (C=N–C) groups is 1. The van der Waals surface area contributed by atoms with Crippen molar-refractivity contribution in [1.29, 1.82) is 0 Å². The van der Waals surface area contributed by atoms with Crippen LogP contribution in [0.15, 0.2) is 29.0 Å². The number of rotatable bonds is 0. The molecule has 0 aromatic heterocycles. The van der Waals surface area contributed by atoms with Gasteiger partial charge in [0.05, 0.1) is 5.71 Å². The molecule has 0 aromatic carbocycles. The molecule has 46 valence electrons. The molecule has 0 radical (unpaired) electrons. The largest absolute Gasteiger partial charge is 0.469 e. The maximum Gasteiger partial charge on any atom is 0.179 e. The second-order valence-electron chi connectivity index (χ2n) is 2.04. The van der Waals surface area contributed by atoms with Crippen LogP contribution in [0.2, 0.25) is 0 Å². The number of ether oxygens (including phenoxy) is 1. The van der Waals surface area contributed by atoms with Gasteiger partial charge < -0.3 is 4.74 Å². The molecule has 0 unspecified atom stereocenters. The third-order valence-electron chi connectivity index (χ3n) is 1.45. The first-order valence-corrected chi connectivity index (χ1v) is 3.00. The summed E-state index contributed by atoms with van der Waals surface area (Å²) >= 11 is 0. The quantitative estimate of drug-likeness (QED) is 0.472. The van der Waals surface area contributed by atoms with E-state index in [4.69, 9.17) is 4.74 Å². The van der Waals surface area contributed by atoms with Gasteiger partial charge in [-0.15, -0.1) is 0 Å². The Balaban J connectivity index is 2.37. The molecular weight excluding hydrogens is 114 g/mol. The normalized spacial score (nSPS) is 22.2. The van der Waals surface area contributed by atoms with E-state index in [0.29, 0.717) is 6.73 Å². The van der Waals surface area contributed by atoms with E-state index in [2.05, 4.69) is 11.1 Å². The molecule has 0 spiro atoms. The van der Waals surface area contributed by atoms with Gasteiger partial charge in [-0.1, -0.05) is 12.2 Å². The summed E-state index contributed by atoms with van der Waals surface area (Å²) in [6.45, 7) is 0.517. The molecule has 0 amide bonds. The highest BCUT2D eigenvalue weighted by Crippen LogP contribution is 2.15. The summed E-state index contributed by atoms with van der Waals surface area (Å²) in [5.74, 6) is 0.956. The van der Waals surface area contributed by atoms with Gasteiger partial charge in [-0.2, -0.15) is 0 Å². The first-order chi connectivity index (χ1) is 4.47. The summed E-state index contributed by atoms with van der Waals surface area (Å²) in [7, 11) is 0. The Kier molecular flexibility index (Phi) is 0.918. The van der Waals surface area contributed by atoms with Gasteiger partial charge in [0.2, 0.25) is 0 Å². The van der Waals surface area contributed by atoms with E-state index in [9.17, 15) is 0 Å². The van der Waals surface area contributed by atoms with Gasteiger partial charge in [0.25, 0.3) is 0 Å². The van der Waals surface area contributed by atoms with Gasteiger partial charge >= 0.3 is 0 Å². The standard InChI is InChI=1S/C7H7NO/c1-2-4-7-6(3-1)8-5-9-7/h1-2,4H,3,5H2. The van der Waals surface area contributed by atoms with Crippen LogP contribution in [0.1, 0.15) is 6.42 Å². The molecule has 1 heterocycles. The maximum absolute atomic E-state index is 5.16. The van der Waals surface area contributed by atoms with Crippen LogP contribution in [0.5, 0.6) is 0 Å². The minimum absolute atomic E-state index is 0.517. The van der Waals surface area contributed by atoms with Gasteiger partial charge in [-0.05, 0) is 6.08 Å². The van der Waals surface area contributed by atoms with Crippen molar-refractivity contribution in [2.24, 2.45) is 4.99 Å². The van der Waals surface area contributed by atoms with Crippen molar-refractivity contribution in [3.05, 3.63) is 24.0 Å². The fraction of sp³-hybridized carbons (Fsp3) is 0.286. The molecule has 2 rings (SSSR count). The predicted octanol–water partition coefficient (Wildman–Crippen LogP) is 1.26. The summed E-state index contributed by atoms with van der Waals surface area (Å²) < 4.78 is 5.16. The van der Waals surface area contributed by atoms with Crippen molar-refractivity contribution in [3.63, 3.8) is 0 Å². The second kappa shape index (κ2) is 1.72. The minimum atomic E-state index is 0.517. The lowest BCUT2D eigenvalue weighted by Crippen LogP contribution is -1.99. The summed E-state index contributed by atoms with van der Waals surface area (Å²) in [5.41, 5.74) is 1.09. The van der Waals surface area contributed by atoms with Crippen LogP contribution in [0.3, 0.4) is 0 Å². The molecular formula is C7H7NO. The number of fused-ring (bicyclic) bond motifs is 1. The molecule has 0 saturated carbocycles. The average Bonchev–Trinajstić information content (AvgIpc) is 2.33. The Morgan fingerprint density at radius 3 is 3.44 bits per heavy atom. The smallest absolute Gasteiger partial charge is 0.179 e. The van der Waals surface area contributed by atoms with Crippen LogP contribution in [-0.2, 0) is 4.74 Å². The molecule has 2 heteroatoms. The predicted molar refractivity (Wildman–Crippen MR) is 35.2 cm³/mol. The fourth-order valence-corrected chi connectivity index (χ4v) is 0.986. The van der Waals surface area contributed by atoms with Gasteiger partial charge in [-0.3, -0.25) is 0 Å². The Hall–Kier alpha value is -1.05. The van der Waals surface area contributed by atoms with E-state index in [0.717, 1.165) is 17.9 Å². The van der Waals surface area contributed by atoms with E-state index in [-0.39, 0.29) is 0 Å². The third-order valence-corrected chi connectivity index (χ3v) is 1.45. The van der Waals surface area contributed by atoms with Crippen molar-refractivity contribution in [1.82, 2.24) is 0 Å². The lowest BCUT2D eigenvalue weighted by molar-refractivity contribution is 0.261. The second-order valence-corrected chi connectivity index (χ2v) is 2.04. The van der Waals surface area contributed by atoms with Crippen molar-refractivity contribution in [3.8, 4) is 0 Å². The minimum Gasteiger partial charge on any atom is -0.469 e. The molecule has 0 bridgehead atoms. The molecule has 0 fully saturated rings. The maximum atomic E-state index is 5.16. The topological polar surface area (TPSA) is 21.6 Å². The SMILES string of the molecule is C1=CCC2=NCOC2=C1. The molecule has 1 aliphatic carbocycles. The monoisotopic (exact) mass is 121 g/mol. The Bertz CT molecular complexity index is 213. The number of hydrogen-bond acceptors (Lipinski definition) is 2. The van der Waals surface area contributed by atoms with Crippen LogP contribution in [0.4, 0.5) is 0 Å². The molecule has 0 saturated heterocycles. The Morgan fingerprint density at radius 2 is 2.56 bits per heavy atom. The van der Waals surface area contributed by atoms with E-state index in [1.807, 2.05) is 12.2 Å². The van der Waals surface area contributed by atoms with Crippen molar-refractivity contribution < 1.29 is 4.74 Å². The van der Waals surface area contributed by atoms with Crippen molar-refractivity contribution in [2.45, 2.75) is 6.42 Å². The summed E-state index contributed by atoms with van der Waals surface area (Å²) in [5, 5.41) is 0. The van der Waals surface area contributed by atoms with Crippen LogP contribution in [-0.4, -0.2) is 12.4 Å². The molecule has 0 atom stereocenters. The lowest BCUT2D eigenvalue weighted by Gasteiger charge is -2.01. The average molecular weight is 121 g/mol. The number of allylic oxidation sites excluding steroid dienone is 4. The zero-order valence-corrected chi connectivity index (χ0v) is 5.00. The zero-order chi connectivity index (χ0) is 6.10. The summed E-state index contributed by atoms with van der Waals surface area (Å²) in [4.78, 5) is 4.13. The van der Waals surface area contributed by atoms with Crippen LogP contribution in [0, 0.1) is 0 Å². The molecule has 1 aliphatic heterocycles. The highest BCUT2D eigenvalue weighted by Gasteiger charge is 2.13. The van der Waals surface area contributed by atoms with E-state index in [1.54, 1.807) is 0 Å². The summed E-state index contributed by atoms with van der Waals surface area (Å²) in [6.07, 6.45) is 6.97. The van der Waals surface area contributed by atoms with Crippen LogP contribution in [0.25, 0.3) is 0 Å².